The van der Waals surface area contributed by atoms with Crippen molar-refractivity contribution in [1.82, 2.24) is 10.2 Å². The van der Waals surface area contributed by atoms with Crippen LogP contribution in [0.3, 0.4) is 0 Å². The van der Waals surface area contributed by atoms with Crippen LogP contribution in [0.5, 0.6) is 0 Å². The lowest BCUT2D eigenvalue weighted by Gasteiger charge is -2.25. The number of nitrogens with one attached hydrogen (secondary N) is 1. The normalized spacial score (nSPS) is 27.1. The summed E-state index contributed by atoms with van der Waals surface area (Å²) in [6.07, 6.45) is 1.41. The van der Waals surface area contributed by atoms with E-state index in [9.17, 15) is 4.79 Å². The monoisotopic (exact) mass is 242 g/mol. The topological polar surface area (TPSA) is 52.6 Å². The molecule has 17 heavy (non-hydrogen) atoms. The van der Waals surface area contributed by atoms with Crippen LogP contribution in [0.15, 0.2) is 0 Å². The van der Waals surface area contributed by atoms with E-state index in [-0.39, 0.29) is 12.5 Å². The fraction of sp³-hybridized carbons (Fsp3) is 0.923. The predicted octanol–water partition coefficient (Wildman–Crippen LogP) is 1.42. The van der Waals surface area contributed by atoms with Crippen LogP contribution in [0, 0.1) is 11.8 Å². The zero-order chi connectivity index (χ0) is 12.8. The molecule has 0 aromatic rings. The number of carboxylic acids is 1. The van der Waals surface area contributed by atoms with Crippen molar-refractivity contribution in [3.63, 3.8) is 0 Å². The van der Waals surface area contributed by atoms with E-state index in [1.54, 1.807) is 0 Å². The zero-order valence-electron chi connectivity index (χ0n) is 11.3. The van der Waals surface area contributed by atoms with Crippen LogP contribution in [0.4, 0.5) is 0 Å². The third kappa shape index (κ3) is 6.03. The van der Waals surface area contributed by atoms with Crippen LogP contribution in [0.25, 0.3) is 0 Å². The summed E-state index contributed by atoms with van der Waals surface area (Å²) in [5.41, 5.74) is 0. The lowest BCUT2D eigenvalue weighted by atomic mass is 10.1. The fourth-order valence-corrected chi connectivity index (χ4v) is 2.29. The third-order valence-corrected chi connectivity index (χ3v) is 3.25. The maximum Gasteiger partial charge on any atom is 0.304 e. The Morgan fingerprint density at radius 2 is 2.18 bits per heavy atom. The second kappa shape index (κ2) is 6.97. The minimum absolute atomic E-state index is 0.101. The van der Waals surface area contributed by atoms with Gasteiger partial charge in [0.05, 0.1) is 6.42 Å². The molecule has 0 saturated carbocycles. The molecule has 4 heteroatoms. The van der Waals surface area contributed by atoms with Crippen molar-refractivity contribution in [2.75, 3.05) is 26.2 Å². The van der Waals surface area contributed by atoms with Gasteiger partial charge in [0.2, 0.25) is 0 Å². The first-order valence-corrected chi connectivity index (χ1v) is 6.65. The van der Waals surface area contributed by atoms with Crippen LogP contribution < -0.4 is 5.32 Å². The lowest BCUT2D eigenvalue weighted by Crippen LogP contribution is -2.39. The Hall–Kier alpha value is -0.610. The molecule has 0 amide bonds. The van der Waals surface area contributed by atoms with E-state index in [4.69, 9.17) is 5.11 Å². The summed E-state index contributed by atoms with van der Waals surface area (Å²) in [7, 11) is 0. The van der Waals surface area contributed by atoms with Gasteiger partial charge in [0.25, 0.3) is 0 Å². The van der Waals surface area contributed by atoms with Crippen LogP contribution in [0.1, 0.15) is 33.6 Å². The number of rotatable bonds is 5. The Morgan fingerprint density at radius 1 is 1.47 bits per heavy atom. The van der Waals surface area contributed by atoms with Gasteiger partial charge in [0.1, 0.15) is 0 Å². The highest BCUT2D eigenvalue weighted by Gasteiger charge is 2.22. The van der Waals surface area contributed by atoms with E-state index < -0.39 is 5.97 Å². The van der Waals surface area contributed by atoms with Gasteiger partial charge < -0.3 is 15.3 Å². The molecule has 1 fully saturated rings. The molecule has 0 spiro atoms. The molecule has 1 heterocycles. The van der Waals surface area contributed by atoms with Gasteiger partial charge in [-0.2, -0.15) is 0 Å². The van der Waals surface area contributed by atoms with Gasteiger partial charge in [-0.25, -0.2) is 0 Å². The van der Waals surface area contributed by atoms with Gasteiger partial charge >= 0.3 is 5.97 Å². The molecule has 2 atom stereocenters. The standard InChI is InChI=1S/C13H26N2O2/c1-10(2)4-5-15-8-11(3)7-14-12(9-15)6-13(16)17/h10-12,14H,4-9H2,1-3H3,(H,16,17). The molecule has 0 aliphatic carbocycles. The van der Waals surface area contributed by atoms with Gasteiger partial charge in [-0.05, 0) is 31.3 Å². The average Bonchev–Trinajstić information content (AvgIpc) is 2.37. The summed E-state index contributed by atoms with van der Waals surface area (Å²) in [5, 5.41) is 12.2. The summed E-state index contributed by atoms with van der Waals surface area (Å²) < 4.78 is 0. The second-order valence-corrected chi connectivity index (χ2v) is 5.75. The van der Waals surface area contributed by atoms with Crippen LogP contribution in [-0.2, 0) is 4.79 Å². The first-order chi connectivity index (χ1) is 7.97. The maximum atomic E-state index is 10.8. The van der Waals surface area contributed by atoms with Gasteiger partial charge in [0.15, 0.2) is 0 Å². The highest BCUT2D eigenvalue weighted by Crippen LogP contribution is 2.11. The van der Waals surface area contributed by atoms with Crippen molar-refractivity contribution < 1.29 is 9.90 Å². The Kier molecular flexibility index (Phi) is 5.92. The van der Waals surface area contributed by atoms with Gasteiger partial charge in [-0.15, -0.1) is 0 Å². The molecule has 1 aliphatic rings. The highest BCUT2D eigenvalue weighted by molar-refractivity contribution is 5.67. The Bertz CT molecular complexity index is 244. The van der Waals surface area contributed by atoms with Crippen molar-refractivity contribution in [2.45, 2.75) is 39.7 Å². The summed E-state index contributed by atoms with van der Waals surface area (Å²) in [6.45, 7) is 10.6. The quantitative estimate of drug-likeness (QED) is 0.765. The molecular weight excluding hydrogens is 216 g/mol. The van der Waals surface area contributed by atoms with Crippen molar-refractivity contribution >= 4 is 5.97 Å². The number of nitrogens with zero attached hydrogens (tertiary/aromatic N) is 1. The lowest BCUT2D eigenvalue weighted by molar-refractivity contribution is -0.137. The third-order valence-electron chi connectivity index (χ3n) is 3.25. The molecule has 0 radical (unpaired) electrons. The van der Waals surface area contributed by atoms with Crippen molar-refractivity contribution in [2.24, 2.45) is 11.8 Å². The number of carboxylic acid groups (broad SMARTS) is 1. The van der Waals surface area contributed by atoms with E-state index in [0.29, 0.717) is 11.8 Å². The van der Waals surface area contributed by atoms with E-state index >= 15 is 0 Å². The van der Waals surface area contributed by atoms with E-state index in [2.05, 4.69) is 31.0 Å². The molecule has 0 aromatic carbocycles. The fourth-order valence-electron chi connectivity index (χ4n) is 2.29. The SMILES string of the molecule is CC(C)CCN1CC(C)CNC(CC(=O)O)C1. The van der Waals surface area contributed by atoms with Crippen LogP contribution in [-0.4, -0.2) is 48.2 Å². The molecule has 1 saturated heterocycles. The number of hydrogen-bond donors (Lipinski definition) is 2. The molecule has 2 unspecified atom stereocenters. The first-order valence-electron chi connectivity index (χ1n) is 6.65. The molecule has 2 N–H and O–H groups in total. The molecule has 1 aliphatic heterocycles. The van der Waals surface area contributed by atoms with Crippen molar-refractivity contribution in [3.05, 3.63) is 0 Å². The average molecular weight is 242 g/mol. The minimum Gasteiger partial charge on any atom is -0.481 e. The number of carbonyl (C=O) groups is 1. The Morgan fingerprint density at radius 3 is 2.76 bits per heavy atom. The number of hydrogen-bond acceptors (Lipinski definition) is 3. The van der Waals surface area contributed by atoms with E-state index in [1.807, 2.05) is 0 Å². The largest absolute Gasteiger partial charge is 0.481 e. The van der Waals surface area contributed by atoms with E-state index in [0.717, 1.165) is 26.2 Å². The molecular formula is C13H26N2O2. The van der Waals surface area contributed by atoms with Crippen molar-refractivity contribution in [3.8, 4) is 0 Å². The highest BCUT2D eigenvalue weighted by atomic mass is 16.4. The molecule has 0 aromatic heterocycles. The van der Waals surface area contributed by atoms with E-state index in [1.165, 1.54) is 6.42 Å². The van der Waals surface area contributed by atoms with Crippen LogP contribution >= 0.6 is 0 Å². The zero-order valence-corrected chi connectivity index (χ0v) is 11.3. The molecule has 0 bridgehead atoms. The molecule has 1 rings (SSSR count). The Balaban J connectivity index is 2.46. The Labute approximate surface area is 104 Å². The summed E-state index contributed by atoms with van der Waals surface area (Å²) in [5.74, 6) is 0.598. The minimum atomic E-state index is -0.708. The van der Waals surface area contributed by atoms with Gasteiger partial charge in [-0.3, -0.25) is 4.79 Å². The summed E-state index contributed by atoms with van der Waals surface area (Å²) >= 11 is 0. The molecule has 100 valence electrons. The van der Waals surface area contributed by atoms with Crippen molar-refractivity contribution in [1.29, 1.82) is 0 Å². The predicted molar refractivity (Wildman–Crippen MR) is 69.1 cm³/mol. The number of aliphatic carboxylic acids is 1. The summed E-state index contributed by atoms with van der Waals surface area (Å²) in [4.78, 5) is 13.2. The summed E-state index contributed by atoms with van der Waals surface area (Å²) in [6, 6.07) is 0.101. The maximum absolute atomic E-state index is 10.8. The van der Waals surface area contributed by atoms with Gasteiger partial charge in [-0.1, -0.05) is 20.8 Å². The smallest absolute Gasteiger partial charge is 0.304 e. The van der Waals surface area contributed by atoms with Gasteiger partial charge in [0, 0.05) is 19.1 Å². The van der Waals surface area contributed by atoms with Crippen LogP contribution in [0.2, 0.25) is 0 Å². The molecule has 4 nitrogen and oxygen atoms in total. The first kappa shape index (κ1) is 14.5. The second-order valence-electron chi connectivity index (χ2n) is 5.75.